The van der Waals surface area contributed by atoms with Gasteiger partial charge in [0.25, 0.3) is 0 Å². The van der Waals surface area contributed by atoms with Crippen molar-refractivity contribution in [2.45, 2.75) is 90.4 Å². The van der Waals surface area contributed by atoms with E-state index < -0.39 is 5.60 Å². The SMILES string of the molecule is CC(CC1CC(O)(c2ccccc2)CCN1C(C)C)N1CCCC(C)(C)C1. The van der Waals surface area contributed by atoms with Crippen LogP contribution < -0.4 is 0 Å². The van der Waals surface area contributed by atoms with Crippen LogP contribution in [-0.2, 0) is 5.60 Å². The molecule has 3 heteroatoms. The highest BCUT2D eigenvalue weighted by Gasteiger charge is 2.41. The predicted molar refractivity (Wildman–Crippen MR) is 114 cm³/mol. The van der Waals surface area contributed by atoms with Gasteiger partial charge in [-0.25, -0.2) is 0 Å². The van der Waals surface area contributed by atoms with Gasteiger partial charge in [0.05, 0.1) is 5.60 Å². The summed E-state index contributed by atoms with van der Waals surface area (Å²) in [5.74, 6) is 0. The molecule has 3 rings (SSSR count). The summed E-state index contributed by atoms with van der Waals surface area (Å²) in [6.45, 7) is 15.2. The van der Waals surface area contributed by atoms with Gasteiger partial charge in [0, 0.05) is 31.2 Å². The van der Waals surface area contributed by atoms with Gasteiger partial charge in [0.15, 0.2) is 0 Å². The predicted octanol–water partition coefficient (Wildman–Crippen LogP) is 4.65. The van der Waals surface area contributed by atoms with Crippen LogP contribution in [0.4, 0.5) is 0 Å². The average Bonchev–Trinajstić information content (AvgIpc) is 2.61. The fourth-order valence-corrected chi connectivity index (χ4v) is 5.40. The highest BCUT2D eigenvalue weighted by molar-refractivity contribution is 5.23. The standard InChI is InChI=1S/C24H40N2O/c1-19(2)26-15-13-24(27,21-10-7-6-8-11-21)17-22(26)16-20(3)25-14-9-12-23(4,5)18-25/h6-8,10-11,19-20,22,27H,9,12-18H2,1-5H3. The average molecular weight is 373 g/mol. The van der Waals surface area contributed by atoms with Crippen molar-refractivity contribution in [3.63, 3.8) is 0 Å². The Balaban J connectivity index is 1.73. The van der Waals surface area contributed by atoms with E-state index in [-0.39, 0.29) is 0 Å². The van der Waals surface area contributed by atoms with Crippen LogP contribution in [-0.4, -0.2) is 52.7 Å². The summed E-state index contributed by atoms with van der Waals surface area (Å²) in [5.41, 5.74) is 0.838. The molecule has 1 aromatic rings. The van der Waals surface area contributed by atoms with Crippen molar-refractivity contribution < 1.29 is 5.11 Å². The van der Waals surface area contributed by atoms with E-state index in [1.165, 1.54) is 25.9 Å². The second kappa shape index (κ2) is 8.23. The van der Waals surface area contributed by atoms with E-state index in [0.29, 0.717) is 23.5 Å². The maximum absolute atomic E-state index is 11.5. The van der Waals surface area contributed by atoms with E-state index in [2.05, 4.69) is 68.7 Å². The van der Waals surface area contributed by atoms with Crippen molar-refractivity contribution in [2.24, 2.45) is 5.41 Å². The molecule has 0 aromatic heterocycles. The number of likely N-dealkylation sites (tertiary alicyclic amines) is 2. The topological polar surface area (TPSA) is 26.7 Å². The highest BCUT2D eigenvalue weighted by atomic mass is 16.3. The van der Waals surface area contributed by atoms with E-state index in [4.69, 9.17) is 0 Å². The first-order valence-corrected chi connectivity index (χ1v) is 11.0. The van der Waals surface area contributed by atoms with Crippen molar-refractivity contribution in [3.05, 3.63) is 35.9 Å². The number of rotatable bonds is 5. The van der Waals surface area contributed by atoms with Gasteiger partial charge < -0.3 is 10.0 Å². The molecule has 0 saturated carbocycles. The van der Waals surface area contributed by atoms with E-state index in [9.17, 15) is 5.11 Å². The lowest BCUT2D eigenvalue weighted by Gasteiger charge is -2.49. The quantitative estimate of drug-likeness (QED) is 0.815. The molecule has 3 nitrogen and oxygen atoms in total. The normalized spacial score (nSPS) is 31.1. The lowest BCUT2D eigenvalue weighted by atomic mass is 9.78. The molecule has 1 aromatic carbocycles. The Hall–Kier alpha value is -0.900. The summed E-state index contributed by atoms with van der Waals surface area (Å²) in [6, 6.07) is 11.9. The minimum Gasteiger partial charge on any atom is -0.385 e. The summed E-state index contributed by atoms with van der Waals surface area (Å²) < 4.78 is 0. The molecule has 2 saturated heterocycles. The zero-order valence-electron chi connectivity index (χ0n) is 18.1. The van der Waals surface area contributed by atoms with Gasteiger partial charge in [0.2, 0.25) is 0 Å². The zero-order valence-corrected chi connectivity index (χ0v) is 18.1. The van der Waals surface area contributed by atoms with Crippen LogP contribution in [0.3, 0.4) is 0 Å². The van der Waals surface area contributed by atoms with Crippen molar-refractivity contribution >= 4 is 0 Å². The van der Waals surface area contributed by atoms with Crippen LogP contribution in [0.25, 0.3) is 0 Å². The number of aliphatic hydroxyl groups is 1. The van der Waals surface area contributed by atoms with Gasteiger partial charge in [-0.1, -0.05) is 44.2 Å². The minimum absolute atomic E-state index is 0.432. The third-order valence-corrected chi connectivity index (χ3v) is 6.97. The van der Waals surface area contributed by atoms with Crippen LogP contribution in [0.1, 0.15) is 72.3 Å². The number of hydrogen-bond donors (Lipinski definition) is 1. The molecule has 3 atom stereocenters. The molecular formula is C24H40N2O. The zero-order chi connectivity index (χ0) is 19.7. The maximum Gasteiger partial charge on any atom is 0.0923 e. The van der Waals surface area contributed by atoms with Gasteiger partial charge in [0.1, 0.15) is 0 Å². The van der Waals surface area contributed by atoms with Gasteiger partial charge in [-0.2, -0.15) is 0 Å². The molecule has 0 aliphatic carbocycles. The first kappa shape index (κ1) is 20.8. The number of piperidine rings is 2. The molecule has 0 bridgehead atoms. The number of benzene rings is 1. The summed E-state index contributed by atoms with van der Waals surface area (Å²) in [7, 11) is 0. The number of nitrogens with zero attached hydrogens (tertiary/aromatic N) is 2. The fourth-order valence-electron chi connectivity index (χ4n) is 5.40. The number of hydrogen-bond acceptors (Lipinski definition) is 3. The Labute approximate surface area is 166 Å². The second-order valence-electron chi connectivity index (χ2n) is 10.2. The highest BCUT2D eigenvalue weighted by Crippen LogP contribution is 2.39. The van der Waals surface area contributed by atoms with Gasteiger partial charge >= 0.3 is 0 Å². The molecule has 0 spiro atoms. The molecule has 2 heterocycles. The van der Waals surface area contributed by atoms with Crippen molar-refractivity contribution in [1.82, 2.24) is 9.80 Å². The Morgan fingerprint density at radius 1 is 1.07 bits per heavy atom. The lowest BCUT2D eigenvalue weighted by Crippen LogP contribution is -2.54. The molecule has 3 unspecified atom stereocenters. The minimum atomic E-state index is -0.682. The first-order valence-electron chi connectivity index (χ1n) is 11.0. The molecule has 0 amide bonds. The van der Waals surface area contributed by atoms with Crippen LogP contribution in [0.2, 0.25) is 0 Å². The van der Waals surface area contributed by atoms with Crippen LogP contribution in [0.15, 0.2) is 30.3 Å². The fraction of sp³-hybridized carbons (Fsp3) is 0.750. The Kier molecular flexibility index (Phi) is 6.34. The van der Waals surface area contributed by atoms with Gasteiger partial charge in [-0.3, -0.25) is 4.90 Å². The van der Waals surface area contributed by atoms with E-state index >= 15 is 0 Å². The smallest absolute Gasteiger partial charge is 0.0923 e. The van der Waals surface area contributed by atoms with Gasteiger partial charge in [-0.05, 0) is 70.4 Å². The van der Waals surface area contributed by atoms with Crippen molar-refractivity contribution in [3.8, 4) is 0 Å². The van der Waals surface area contributed by atoms with Crippen LogP contribution in [0, 0.1) is 5.41 Å². The summed E-state index contributed by atoms with van der Waals surface area (Å²) in [6.07, 6.45) is 5.46. The summed E-state index contributed by atoms with van der Waals surface area (Å²) in [4.78, 5) is 5.32. The monoisotopic (exact) mass is 372 g/mol. The molecule has 2 aliphatic rings. The van der Waals surface area contributed by atoms with Crippen LogP contribution >= 0.6 is 0 Å². The lowest BCUT2D eigenvalue weighted by molar-refractivity contribution is -0.0684. The van der Waals surface area contributed by atoms with E-state index in [0.717, 1.165) is 31.4 Å². The Morgan fingerprint density at radius 2 is 1.78 bits per heavy atom. The maximum atomic E-state index is 11.5. The molecule has 2 fully saturated rings. The molecule has 152 valence electrons. The third kappa shape index (κ3) is 4.93. The third-order valence-electron chi connectivity index (χ3n) is 6.97. The first-order chi connectivity index (χ1) is 12.7. The second-order valence-corrected chi connectivity index (χ2v) is 10.2. The molecule has 27 heavy (non-hydrogen) atoms. The van der Waals surface area contributed by atoms with Crippen molar-refractivity contribution in [2.75, 3.05) is 19.6 Å². The molecule has 0 radical (unpaired) electrons. The Morgan fingerprint density at radius 3 is 2.41 bits per heavy atom. The molecule has 1 N–H and O–H groups in total. The molecular weight excluding hydrogens is 332 g/mol. The van der Waals surface area contributed by atoms with E-state index in [1.807, 2.05) is 6.07 Å². The van der Waals surface area contributed by atoms with E-state index in [1.54, 1.807) is 0 Å². The summed E-state index contributed by atoms with van der Waals surface area (Å²) in [5, 5.41) is 11.5. The largest absolute Gasteiger partial charge is 0.385 e. The summed E-state index contributed by atoms with van der Waals surface area (Å²) >= 11 is 0. The molecule has 2 aliphatic heterocycles. The Bertz CT molecular complexity index is 600. The van der Waals surface area contributed by atoms with Crippen molar-refractivity contribution in [1.29, 1.82) is 0 Å². The van der Waals surface area contributed by atoms with Gasteiger partial charge in [-0.15, -0.1) is 0 Å². The van der Waals surface area contributed by atoms with Crippen LogP contribution in [0.5, 0.6) is 0 Å².